The molecule has 0 bridgehead atoms. The van der Waals surface area contributed by atoms with Crippen LogP contribution in [-0.4, -0.2) is 29.2 Å². The number of rotatable bonds is 5. The summed E-state index contributed by atoms with van der Waals surface area (Å²) < 4.78 is 16.8. The van der Waals surface area contributed by atoms with Crippen LogP contribution in [0.15, 0.2) is 29.2 Å². The monoisotopic (exact) mass is 239 g/mol. The molecule has 0 radical (unpaired) electrons. The standard InChI is InChI=1S/C12H17NO2S/c1-9-12(13-9)7-8-15-10-3-5-11(6-4-10)16(2)14/h3-6,9,12-13H,7-8H2,1-2H3. The first-order chi connectivity index (χ1) is 7.66. The number of ether oxygens (including phenoxy) is 1. The highest BCUT2D eigenvalue weighted by molar-refractivity contribution is 7.84. The van der Waals surface area contributed by atoms with Crippen molar-refractivity contribution in [2.45, 2.75) is 30.3 Å². The van der Waals surface area contributed by atoms with E-state index in [1.807, 2.05) is 24.3 Å². The van der Waals surface area contributed by atoms with Gasteiger partial charge in [0.25, 0.3) is 0 Å². The fourth-order valence-corrected chi connectivity index (χ4v) is 2.17. The summed E-state index contributed by atoms with van der Waals surface area (Å²) in [5.74, 6) is 0.850. The molecule has 88 valence electrons. The average Bonchev–Trinajstić information content (AvgIpc) is 2.95. The van der Waals surface area contributed by atoms with Crippen LogP contribution in [0.4, 0.5) is 0 Å². The second-order valence-corrected chi connectivity index (χ2v) is 5.50. The minimum Gasteiger partial charge on any atom is -0.494 e. The number of hydrogen-bond donors (Lipinski definition) is 1. The zero-order chi connectivity index (χ0) is 11.5. The van der Waals surface area contributed by atoms with Crippen LogP contribution in [0.5, 0.6) is 5.75 Å². The predicted octanol–water partition coefficient (Wildman–Crippen LogP) is 1.55. The van der Waals surface area contributed by atoms with Gasteiger partial charge in [0.05, 0.1) is 6.61 Å². The molecule has 4 heteroatoms. The van der Waals surface area contributed by atoms with Crippen molar-refractivity contribution in [3.63, 3.8) is 0 Å². The van der Waals surface area contributed by atoms with Gasteiger partial charge in [0.2, 0.25) is 0 Å². The van der Waals surface area contributed by atoms with Crippen molar-refractivity contribution in [1.29, 1.82) is 0 Å². The van der Waals surface area contributed by atoms with Gasteiger partial charge in [0.1, 0.15) is 5.75 Å². The molecule has 3 unspecified atom stereocenters. The van der Waals surface area contributed by atoms with Crippen molar-refractivity contribution in [2.24, 2.45) is 0 Å². The largest absolute Gasteiger partial charge is 0.494 e. The Kier molecular flexibility index (Phi) is 3.61. The summed E-state index contributed by atoms with van der Waals surface area (Å²) >= 11 is 0. The van der Waals surface area contributed by atoms with Gasteiger partial charge in [-0.1, -0.05) is 0 Å². The Bertz CT molecular complexity index is 377. The molecule has 3 atom stereocenters. The van der Waals surface area contributed by atoms with Crippen LogP contribution in [0.1, 0.15) is 13.3 Å². The third-order valence-electron chi connectivity index (χ3n) is 2.82. The summed E-state index contributed by atoms with van der Waals surface area (Å²) in [7, 11) is -0.911. The average molecular weight is 239 g/mol. The molecule has 3 nitrogen and oxygen atoms in total. The Morgan fingerprint density at radius 1 is 1.38 bits per heavy atom. The number of hydrogen-bond acceptors (Lipinski definition) is 3. The summed E-state index contributed by atoms with van der Waals surface area (Å²) in [5.41, 5.74) is 0. The Hall–Kier alpha value is -0.870. The van der Waals surface area contributed by atoms with Gasteiger partial charge in [0, 0.05) is 34.0 Å². The molecule has 0 saturated carbocycles. The van der Waals surface area contributed by atoms with Crippen molar-refractivity contribution in [1.82, 2.24) is 5.32 Å². The smallest absolute Gasteiger partial charge is 0.119 e. The fourth-order valence-electron chi connectivity index (χ4n) is 1.65. The van der Waals surface area contributed by atoms with Gasteiger partial charge in [0.15, 0.2) is 0 Å². The molecule has 0 aliphatic carbocycles. The highest BCUT2D eigenvalue weighted by Gasteiger charge is 2.30. The van der Waals surface area contributed by atoms with Gasteiger partial charge in [-0.15, -0.1) is 0 Å². The van der Waals surface area contributed by atoms with E-state index in [-0.39, 0.29) is 0 Å². The molecule has 0 spiro atoms. The molecular weight excluding hydrogens is 222 g/mol. The Morgan fingerprint density at radius 3 is 2.50 bits per heavy atom. The van der Waals surface area contributed by atoms with Gasteiger partial charge < -0.3 is 10.1 Å². The van der Waals surface area contributed by atoms with Crippen molar-refractivity contribution < 1.29 is 8.95 Å². The summed E-state index contributed by atoms with van der Waals surface area (Å²) in [5, 5.41) is 3.32. The van der Waals surface area contributed by atoms with E-state index < -0.39 is 10.8 Å². The van der Waals surface area contributed by atoms with E-state index in [1.165, 1.54) is 0 Å². The van der Waals surface area contributed by atoms with Crippen LogP contribution in [0, 0.1) is 0 Å². The molecule has 1 fully saturated rings. The highest BCUT2D eigenvalue weighted by atomic mass is 32.2. The SMILES string of the molecule is CC1NC1CCOc1ccc(S(C)=O)cc1. The molecular formula is C12H17NO2S. The Balaban J connectivity index is 1.78. The van der Waals surface area contributed by atoms with Crippen LogP contribution in [0.2, 0.25) is 0 Å². The quantitative estimate of drug-likeness (QED) is 0.793. The minimum absolute atomic E-state index is 0.627. The third-order valence-corrected chi connectivity index (χ3v) is 3.76. The van der Waals surface area contributed by atoms with Crippen molar-refractivity contribution in [3.8, 4) is 5.75 Å². The summed E-state index contributed by atoms with van der Waals surface area (Å²) in [6, 6.07) is 8.73. The molecule has 0 aromatic heterocycles. The van der Waals surface area contributed by atoms with Crippen molar-refractivity contribution >= 4 is 10.8 Å². The molecule has 1 aromatic rings. The molecule has 1 heterocycles. The Morgan fingerprint density at radius 2 is 2.00 bits per heavy atom. The lowest BCUT2D eigenvalue weighted by Crippen LogP contribution is -2.03. The second-order valence-electron chi connectivity index (χ2n) is 4.12. The van der Waals surface area contributed by atoms with Crippen LogP contribution >= 0.6 is 0 Å². The first-order valence-corrected chi connectivity index (χ1v) is 7.05. The first-order valence-electron chi connectivity index (χ1n) is 5.49. The second kappa shape index (κ2) is 4.97. The third kappa shape index (κ3) is 3.06. The predicted molar refractivity (Wildman–Crippen MR) is 65.3 cm³/mol. The molecule has 1 aliphatic heterocycles. The van der Waals surface area contributed by atoms with Crippen LogP contribution in [0.3, 0.4) is 0 Å². The minimum atomic E-state index is -0.911. The van der Waals surface area contributed by atoms with Gasteiger partial charge in [-0.25, -0.2) is 0 Å². The summed E-state index contributed by atoms with van der Waals surface area (Å²) in [6.45, 7) is 2.91. The molecule has 1 N–H and O–H groups in total. The Labute approximate surface area is 98.7 Å². The van der Waals surface area contributed by atoms with E-state index in [0.717, 1.165) is 23.7 Å². The molecule has 1 aromatic carbocycles. The molecule has 1 saturated heterocycles. The number of nitrogens with one attached hydrogen (secondary N) is 1. The fraction of sp³-hybridized carbons (Fsp3) is 0.500. The van der Waals surface area contributed by atoms with E-state index >= 15 is 0 Å². The van der Waals surface area contributed by atoms with Gasteiger partial charge in [-0.05, 0) is 37.6 Å². The van der Waals surface area contributed by atoms with E-state index in [1.54, 1.807) is 6.26 Å². The van der Waals surface area contributed by atoms with Gasteiger partial charge in [-0.2, -0.15) is 0 Å². The zero-order valence-electron chi connectivity index (χ0n) is 9.60. The van der Waals surface area contributed by atoms with Crippen molar-refractivity contribution in [3.05, 3.63) is 24.3 Å². The zero-order valence-corrected chi connectivity index (χ0v) is 10.4. The van der Waals surface area contributed by atoms with Gasteiger partial charge >= 0.3 is 0 Å². The molecule has 1 aliphatic rings. The van der Waals surface area contributed by atoms with Crippen LogP contribution in [-0.2, 0) is 10.8 Å². The van der Waals surface area contributed by atoms with Crippen LogP contribution in [0.25, 0.3) is 0 Å². The lowest BCUT2D eigenvalue weighted by molar-refractivity contribution is 0.309. The van der Waals surface area contributed by atoms with E-state index in [4.69, 9.17) is 4.74 Å². The lowest BCUT2D eigenvalue weighted by Gasteiger charge is -2.05. The topological polar surface area (TPSA) is 48.2 Å². The van der Waals surface area contributed by atoms with Crippen LogP contribution < -0.4 is 10.1 Å². The maximum atomic E-state index is 11.2. The lowest BCUT2D eigenvalue weighted by atomic mass is 10.3. The van der Waals surface area contributed by atoms with E-state index in [9.17, 15) is 4.21 Å². The highest BCUT2D eigenvalue weighted by Crippen LogP contribution is 2.17. The molecule has 0 amide bonds. The number of benzene rings is 1. The maximum absolute atomic E-state index is 11.2. The van der Waals surface area contributed by atoms with E-state index in [0.29, 0.717) is 12.1 Å². The molecule has 16 heavy (non-hydrogen) atoms. The maximum Gasteiger partial charge on any atom is 0.119 e. The normalized spacial score (nSPS) is 25.1. The van der Waals surface area contributed by atoms with Gasteiger partial charge in [-0.3, -0.25) is 4.21 Å². The summed E-state index contributed by atoms with van der Waals surface area (Å²) in [6.07, 6.45) is 2.72. The first kappa shape index (κ1) is 11.6. The molecule has 2 rings (SSSR count). The van der Waals surface area contributed by atoms with Crippen molar-refractivity contribution in [2.75, 3.05) is 12.9 Å². The summed E-state index contributed by atoms with van der Waals surface area (Å²) in [4.78, 5) is 0.838. The van der Waals surface area contributed by atoms with E-state index in [2.05, 4.69) is 12.2 Å².